The minimum absolute atomic E-state index is 0. The zero-order valence-corrected chi connectivity index (χ0v) is 30.8. The van der Waals surface area contributed by atoms with Gasteiger partial charge in [-0.05, 0) is 70.8 Å². The second-order valence-corrected chi connectivity index (χ2v) is 12.6. The van der Waals surface area contributed by atoms with Crippen molar-refractivity contribution in [3.05, 3.63) is 168 Å². The predicted molar refractivity (Wildman–Crippen MR) is 211 cm³/mol. The molecule has 0 unspecified atom stereocenters. The Bertz CT molecular complexity index is 2680. The van der Waals surface area contributed by atoms with Gasteiger partial charge < -0.3 is 14.7 Å². The number of H-pyrrole nitrogens is 2. The van der Waals surface area contributed by atoms with E-state index in [2.05, 4.69) is 101 Å². The van der Waals surface area contributed by atoms with E-state index in [0.29, 0.717) is 5.56 Å². The van der Waals surface area contributed by atoms with Crippen LogP contribution in [0.1, 0.15) is 33.1 Å². The van der Waals surface area contributed by atoms with Crippen molar-refractivity contribution in [1.82, 2.24) is 19.9 Å². The molecule has 258 valence electrons. The van der Waals surface area contributed by atoms with Crippen LogP contribution in [0.15, 0.2) is 133 Å². The van der Waals surface area contributed by atoms with Gasteiger partial charge in [-0.3, -0.25) is 4.98 Å². The van der Waals surface area contributed by atoms with Crippen LogP contribution in [0.3, 0.4) is 0 Å². The van der Waals surface area contributed by atoms with Crippen molar-refractivity contribution in [1.29, 1.82) is 0 Å². The van der Waals surface area contributed by atoms with Gasteiger partial charge in [0.15, 0.2) is 0 Å². The molecule has 0 aliphatic carbocycles. The Labute approximate surface area is 320 Å². The number of methoxy groups -OCH3 is 1. The number of nitrogens with zero attached hydrogens (tertiary/aromatic N) is 2. The molecule has 8 bridgehead atoms. The minimum Gasteiger partial charge on any atom is -0.465 e. The number of carbonyl (C=O) groups is 1. The molecular formula is C46H31N4O2Pt-. The largest absolute Gasteiger partial charge is 0.465 e. The monoisotopic (exact) mass is 866 g/mol. The fourth-order valence-electron chi connectivity index (χ4n) is 7.04. The number of fused-ring (bicyclic) bond motifs is 8. The van der Waals surface area contributed by atoms with Crippen molar-refractivity contribution in [3.8, 4) is 44.5 Å². The van der Waals surface area contributed by atoms with E-state index >= 15 is 0 Å². The van der Waals surface area contributed by atoms with Crippen LogP contribution < -0.4 is 0 Å². The predicted octanol–water partition coefficient (Wildman–Crippen LogP) is 10.9. The van der Waals surface area contributed by atoms with Crippen LogP contribution in [-0.2, 0) is 25.8 Å². The number of nitrogens with one attached hydrogen (secondary N) is 2. The fraction of sp³-hybridized carbons (Fsp3) is 0.0217. The van der Waals surface area contributed by atoms with E-state index in [1.165, 1.54) is 7.11 Å². The second-order valence-electron chi connectivity index (χ2n) is 12.6. The molecular weight excluding hydrogens is 836 g/mol. The van der Waals surface area contributed by atoms with Crippen LogP contribution in [0.4, 0.5) is 0 Å². The third-order valence-electron chi connectivity index (χ3n) is 9.45. The van der Waals surface area contributed by atoms with Gasteiger partial charge in [-0.2, -0.15) is 12.1 Å². The summed E-state index contributed by atoms with van der Waals surface area (Å²) >= 11 is 0. The van der Waals surface area contributed by atoms with Gasteiger partial charge in [0, 0.05) is 48.9 Å². The van der Waals surface area contributed by atoms with E-state index < -0.39 is 0 Å². The first-order chi connectivity index (χ1) is 25.6. The average molecular weight is 867 g/mol. The molecule has 0 amide bonds. The molecule has 2 aliphatic rings. The van der Waals surface area contributed by atoms with E-state index in [1.807, 2.05) is 60.7 Å². The number of aromatic nitrogens is 4. The van der Waals surface area contributed by atoms with Crippen molar-refractivity contribution in [3.63, 3.8) is 0 Å². The number of esters is 1. The molecule has 53 heavy (non-hydrogen) atoms. The molecule has 3 aromatic heterocycles. The Morgan fingerprint density at radius 3 is 1.40 bits per heavy atom. The van der Waals surface area contributed by atoms with Gasteiger partial charge in [0.25, 0.3) is 0 Å². The molecule has 5 heterocycles. The van der Waals surface area contributed by atoms with Gasteiger partial charge >= 0.3 is 5.97 Å². The minimum atomic E-state index is -0.387. The molecule has 0 atom stereocenters. The SMILES string of the molecule is COC(=O)c1ccc(-c2c3nc(c(-c4ccccc4)c4ccc([nH]4)c(-c4ccccc4)c4nc(c(-c5ccccc5)c5[c-]cc2[nH]5)C=C4)C=C3)cc1.[Pt]. The first-order valence-corrected chi connectivity index (χ1v) is 17.1. The molecule has 9 rings (SSSR count). The average Bonchev–Trinajstić information content (AvgIpc) is 4.04. The molecule has 6 nitrogen and oxygen atoms in total. The van der Waals surface area contributed by atoms with E-state index in [0.717, 1.165) is 89.4 Å². The zero-order chi connectivity index (χ0) is 35.0. The van der Waals surface area contributed by atoms with Gasteiger partial charge in [-0.25, -0.2) is 9.78 Å². The second kappa shape index (κ2) is 14.3. The number of carbonyl (C=O) groups excluding carboxylic acids is 1. The van der Waals surface area contributed by atoms with Crippen molar-refractivity contribution < 1.29 is 30.6 Å². The Kier molecular flexibility index (Phi) is 9.13. The van der Waals surface area contributed by atoms with Crippen molar-refractivity contribution in [2.75, 3.05) is 7.11 Å². The van der Waals surface area contributed by atoms with Crippen LogP contribution in [0, 0.1) is 6.07 Å². The smallest absolute Gasteiger partial charge is 0.337 e. The number of ether oxygens (including phenoxy) is 1. The van der Waals surface area contributed by atoms with Gasteiger partial charge in [0.2, 0.25) is 0 Å². The molecule has 2 N–H and O–H groups in total. The van der Waals surface area contributed by atoms with E-state index in [1.54, 1.807) is 12.1 Å². The third kappa shape index (κ3) is 6.28. The molecule has 2 aliphatic heterocycles. The number of hydrogen-bond acceptors (Lipinski definition) is 4. The summed E-state index contributed by atoms with van der Waals surface area (Å²) in [6, 6.07) is 48.2. The van der Waals surface area contributed by atoms with Crippen LogP contribution in [0.2, 0.25) is 0 Å². The molecule has 0 fully saturated rings. The maximum atomic E-state index is 12.3. The maximum absolute atomic E-state index is 12.3. The zero-order valence-electron chi connectivity index (χ0n) is 28.5. The molecule has 4 aromatic carbocycles. The first kappa shape index (κ1) is 33.8. The standard InChI is InChI=1S/C46H31N4O2.Pt/c1-52-46(51)33-19-17-32(18-20-33)45-40-27-25-38(49-40)43(30-13-7-3-8-14-30)36-23-21-34(47-36)42(29-11-5-2-6-12-29)35-22-24-37(48-35)44(31-15-9-4-10-16-31)39-26-28-41(45)50-39;/h2-25,27-28,47,50H,1H3;/q-1;. The summed E-state index contributed by atoms with van der Waals surface area (Å²) in [6.07, 6.45) is 8.30. The summed E-state index contributed by atoms with van der Waals surface area (Å²) in [4.78, 5) is 30.5. The Hall–Kier alpha value is -6.36. The Morgan fingerprint density at radius 2 is 0.925 bits per heavy atom. The molecule has 0 saturated carbocycles. The number of rotatable bonds is 5. The van der Waals surface area contributed by atoms with Gasteiger partial charge in [0.05, 0.1) is 29.8 Å². The third-order valence-corrected chi connectivity index (χ3v) is 9.45. The van der Waals surface area contributed by atoms with E-state index in [4.69, 9.17) is 14.7 Å². The summed E-state index contributed by atoms with van der Waals surface area (Å²) in [5, 5.41) is 0. The molecule has 0 saturated heterocycles. The van der Waals surface area contributed by atoms with Gasteiger partial charge in [-0.1, -0.05) is 125 Å². The van der Waals surface area contributed by atoms with E-state index in [9.17, 15) is 4.79 Å². The molecule has 0 spiro atoms. The summed E-state index contributed by atoms with van der Waals surface area (Å²) in [5.41, 5.74) is 15.1. The topological polar surface area (TPSA) is 83.7 Å². The normalized spacial score (nSPS) is 11.6. The first-order valence-electron chi connectivity index (χ1n) is 17.1. The van der Waals surface area contributed by atoms with Crippen LogP contribution >= 0.6 is 0 Å². The van der Waals surface area contributed by atoms with Crippen molar-refractivity contribution >= 4 is 52.3 Å². The number of aromatic amines is 2. The molecule has 0 radical (unpaired) electrons. The fourth-order valence-corrected chi connectivity index (χ4v) is 7.04. The molecule has 7 heteroatoms. The van der Waals surface area contributed by atoms with Crippen LogP contribution in [0.5, 0.6) is 0 Å². The number of benzene rings is 4. The quantitative estimate of drug-likeness (QED) is 0.133. The number of hydrogen-bond donors (Lipinski definition) is 2. The summed E-state index contributed by atoms with van der Waals surface area (Å²) in [5.74, 6) is -0.387. The summed E-state index contributed by atoms with van der Waals surface area (Å²) in [7, 11) is 1.39. The Balaban J connectivity index is 0.00000400. The maximum Gasteiger partial charge on any atom is 0.337 e. The molecule has 7 aromatic rings. The van der Waals surface area contributed by atoms with Crippen molar-refractivity contribution in [2.45, 2.75) is 0 Å². The van der Waals surface area contributed by atoms with Crippen LogP contribution in [0.25, 0.3) is 90.9 Å². The van der Waals surface area contributed by atoms with Crippen molar-refractivity contribution in [2.24, 2.45) is 0 Å². The Morgan fingerprint density at radius 1 is 0.509 bits per heavy atom. The van der Waals surface area contributed by atoms with Gasteiger partial charge in [-0.15, -0.1) is 0 Å². The summed E-state index contributed by atoms with van der Waals surface area (Å²) < 4.78 is 4.98. The van der Waals surface area contributed by atoms with E-state index in [-0.39, 0.29) is 27.0 Å². The van der Waals surface area contributed by atoms with Crippen LogP contribution in [-0.4, -0.2) is 33.0 Å². The summed E-state index contributed by atoms with van der Waals surface area (Å²) in [6.45, 7) is 0. The van der Waals surface area contributed by atoms with Gasteiger partial charge in [0.1, 0.15) is 0 Å².